The van der Waals surface area contributed by atoms with Crippen LogP contribution in [-0.2, 0) is 4.79 Å². The summed E-state index contributed by atoms with van der Waals surface area (Å²) in [6.07, 6.45) is 2.29. The maximum absolute atomic E-state index is 11.4. The topological polar surface area (TPSA) is 64.3 Å². The molecule has 98 valence electrons. The van der Waals surface area contributed by atoms with Gasteiger partial charge in [-0.3, -0.25) is 4.79 Å². The summed E-state index contributed by atoms with van der Waals surface area (Å²) < 4.78 is 5.43. The first-order valence-electron chi connectivity index (χ1n) is 5.97. The Bertz CT molecular complexity index is 424. The fourth-order valence-corrected chi connectivity index (χ4v) is 1.32. The summed E-state index contributed by atoms with van der Waals surface area (Å²) in [6, 6.07) is 7.25. The quantitative estimate of drug-likeness (QED) is 0.598. The van der Waals surface area contributed by atoms with Crippen LogP contribution in [0, 0.1) is 0 Å². The summed E-state index contributed by atoms with van der Waals surface area (Å²) in [7, 11) is 0. The lowest BCUT2D eigenvalue weighted by molar-refractivity contribution is -0.121. The van der Waals surface area contributed by atoms with Crippen LogP contribution in [0.25, 0.3) is 0 Å². The minimum absolute atomic E-state index is 0.0259. The van der Waals surface area contributed by atoms with Crippen LogP contribution in [0.4, 0.5) is 5.69 Å². The lowest BCUT2D eigenvalue weighted by Crippen LogP contribution is -2.25. The molecular formula is C14H20N2O2. The molecule has 0 aromatic heterocycles. The van der Waals surface area contributed by atoms with Crippen LogP contribution in [0.1, 0.15) is 20.3 Å². The summed E-state index contributed by atoms with van der Waals surface area (Å²) in [5.74, 6) is 0.594. The lowest BCUT2D eigenvalue weighted by atomic mass is 10.3. The zero-order valence-electron chi connectivity index (χ0n) is 10.9. The van der Waals surface area contributed by atoms with Gasteiger partial charge in [-0.25, -0.2) is 0 Å². The molecule has 18 heavy (non-hydrogen) atoms. The van der Waals surface area contributed by atoms with Crippen LogP contribution in [0.15, 0.2) is 35.9 Å². The van der Waals surface area contributed by atoms with Gasteiger partial charge in [0, 0.05) is 6.54 Å². The van der Waals surface area contributed by atoms with Gasteiger partial charge >= 0.3 is 0 Å². The van der Waals surface area contributed by atoms with Gasteiger partial charge in [0.05, 0.1) is 18.7 Å². The molecule has 0 saturated heterocycles. The smallest absolute Gasteiger partial charge is 0.223 e. The van der Waals surface area contributed by atoms with Crippen molar-refractivity contribution in [3.8, 4) is 5.75 Å². The summed E-state index contributed by atoms with van der Waals surface area (Å²) >= 11 is 0. The Morgan fingerprint density at radius 1 is 1.39 bits per heavy atom. The normalized spacial score (nSPS) is 9.67. The average molecular weight is 248 g/mol. The number of para-hydroxylation sites is 2. The molecule has 0 radical (unpaired) electrons. The van der Waals surface area contributed by atoms with Crippen molar-refractivity contribution < 1.29 is 9.53 Å². The summed E-state index contributed by atoms with van der Waals surface area (Å²) in [4.78, 5) is 11.4. The zero-order valence-corrected chi connectivity index (χ0v) is 10.9. The van der Waals surface area contributed by atoms with Crippen LogP contribution in [0.3, 0.4) is 0 Å². The van der Waals surface area contributed by atoms with E-state index in [0.29, 0.717) is 31.0 Å². The third-order valence-electron chi connectivity index (χ3n) is 2.32. The largest absolute Gasteiger partial charge is 0.491 e. The first-order chi connectivity index (χ1) is 8.59. The number of nitrogen functional groups attached to an aromatic ring is 1. The SMILES string of the molecule is CC(C)=CCNC(=O)CCOc1ccccc1N. The predicted molar refractivity (Wildman–Crippen MR) is 73.4 cm³/mol. The minimum atomic E-state index is -0.0259. The number of allylic oxidation sites excluding steroid dienone is 1. The number of carbonyl (C=O) groups is 1. The second-order valence-corrected chi connectivity index (χ2v) is 4.22. The van der Waals surface area contributed by atoms with E-state index in [1.54, 1.807) is 12.1 Å². The van der Waals surface area contributed by atoms with Crippen molar-refractivity contribution in [2.75, 3.05) is 18.9 Å². The van der Waals surface area contributed by atoms with Crippen LogP contribution in [0.2, 0.25) is 0 Å². The molecule has 0 bridgehead atoms. The Balaban J connectivity index is 2.24. The molecule has 0 fully saturated rings. The Kier molecular flexibility index (Phi) is 5.77. The van der Waals surface area contributed by atoms with Crippen LogP contribution < -0.4 is 15.8 Å². The molecule has 0 aliphatic heterocycles. The van der Waals surface area contributed by atoms with Gasteiger partial charge in [0.15, 0.2) is 0 Å². The van der Waals surface area contributed by atoms with E-state index in [9.17, 15) is 4.79 Å². The first-order valence-corrected chi connectivity index (χ1v) is 5.97. The molecule has 0 atom stereocenters. The van der Waals surface area contributed by atoms with E-state index in [2.05, 4.69) is 5.32 Å². The molecule has 4 nitrogen and oxygen atoms in total. The van der Waals surface area contributed by atoms with Gasteiger partial charge < -0.3 is 15.8 Å². The molecule has 1 amide bonds. The van der Waals surface area contributed by atoms with E-state index < -0.39 is 0 Å². The molecule has 4 heteroatoms. The minimum Gasteiger partial charge on any atom is -0.491 e. The average Bonchev–Trinajstić information content (AvgIpc) is 2.31. The van der Waals surface area contributed by atoms with E-state index in [1.807, 2.05) is 32.1 Å². The molecule has 1 aromatic carbocycles. The molecule has 3 N–H and O–H groups in total. The first kappa shape index (κ1) is 14.1. The second kappa shape index (κ2) is 7.37. The maximum atomic E-state index is 11.4. The molecule has 0 unspecified atom stereocenters. The Morgan fingerprint density at radius 3 is 2.78 bits per heavy atom. The van der Waals surface area contributed by atoms with Crippen molar-refractivity contribution >= 4 is 11.6 Å². The molecule has 0 heterocycles. The number of hydrogen-bond donors (Lipinski definition) is 2. The fourth-order valence-electron chi connectivity index (χ4n) is 1.32. The molecule has 0 aliphatic carbocycles. The van der Waals surface area contributed by atoms with Crippen molar-refractivity contribution in [1.29, 1.82) is 0 Å². The van der Waals surface area contributed by atoms with Gasteiger partial charge in [0.1, 0.15) is 5.75 Å². The van der Waals surface area contributed by atoms with Gasteiger partial charge in [0.2, 0.25) is 5.91 Å². The van der Waals surface area contributed by atoms with Crippen molar-refractivity contribution in [3.05, 3.63) is 35.9 Å². The summed E-state index contributed by atoms with van der Waals surface area (Å²) in [5.41, 5.74) is 7.49. The van der Waals surface area contributed by atoms with E-state index >= 15 is 0 Å². The highest BCUT2D eigenvalue weighted by Gasteiger charge is 2.02. The number of anilines is 1. The van der Waals surface area contributed by atoms with Gasteiger partial charge in [0.25, 0.3) is 0 Å². The van der Waals surface area contributed by atoms with Gasteiger partial charge in [-0.15, -0.1) is 0 Å². The number of nitrogens with two attached hydrogens (primary N) is 1. The predicted octanol–water partition coefficient (Wildman–Crippen LogP) is 2.12. The van der Waals surface area contributed by atoms with Crippen LogP contribution in [0.5, 0.6) is 5.75 Å². The molecule has 0 saturated carbocycles. The van der Waals surface area contributed by atoms with Gasteiger partial charge in [-0.05, 0) is 26.0 Å². The Hall–Kier alpha value is -1.97. The summed E-state index contributed by atoms with van der Waals surface area (Å²) in [6.45, 7) is 4.88. The fraction of sp³-hybridized carbons (Fsp3) is 0.357. The number of ether oxygens (including phenoxy) is 1. The lowest BCUT2D eigenvalue weighted by Gasteiger charge is -2.08. The number of carbonyl (C=O) groups excluding carboxylic acids is 1. The monoisotopic (exact) mass is 248 g/mol. The highest BCUT2D eigenvalue weighted by atomic mass is 16.5. The van der Waals surface area contributed by atoms with E-state index in [-0.39, 0.29) is 5.91 Å². The Morgan fingerprint density at radius 2 is 2.11 bits per heavy atom. The van der Waals surface area contributed by atoms with E-state index in [0.717, 1.165) is 0 Å². The van der Waals surface area contributed by atoms with Crippen molar-refractivity contribution in [2.45, 2.75) is 20.3 Å². The van der Waals surface area contributed by atoms with Crippen molar-refractivity contribution in [3.63, 3.8) is 0 Å². The van der Waals surface area contributed by atoms with E-state index in [4.69, 9.17) is 10.5 Å². The van der Waals surface area contributed by atoms with Crippen LogP contribution in [-0.4, -0.2) is 19.1 Å². The third kappa shape index (κ3) is 5.39. The maximum Gasteiger partial charge on any atom is 0.223 e. The number of hydrogen-bond acceptors (Lipinski definition) is 3. The van der Waals surface area contributed by atoms with E-state index in [1.165, 1.54) is 5.57 Å². The number of amides is 1. The molecule has 0 aliphatic rings. The van der Waals surface area contributed by atoms with Gasteiger partial charge in [-0.1, -0.05) is 23.8 Å². The molecule has 1 rings (SSSR count). The third-order valence-corrected chi connectivity index (χ3v) is 2.32. The molecular weight excluding hydrogens is 228 g/mol. The molecule has 0 spiro atoms. The van der Waals surface area contributed by atoms with Crippen LogP contribution >= 0.6 is 0 Å². The van der Waals surface area contributed by atoms with Crippen molar-refractivity contribution in [2.24, 2.45) is 0 Å². The zero-order chi connectivity index (χ0) is 13.4. The standard InChI is InChI=1S/C14H20N2O2/c1-11(2)7-9-16-14(17)8-10-18-13-6-4-3-5-12(13)15/h3-7H,8-10,15H2,1-2H3,(H,16,17). The highest BCUT2D eigenvalue weighted by molar-refractivity contribution is 5.76. The number of benzene rings is 1. The summed E-state index contributed by atoms with van der Waals surface area (Å²) in [5, 5.41) is 2.79. The number of rotatable bonds is 6. The van der Waals surface area contributed by atoms with Crippen molar-refractivity contribution in [1.82, 2.24) is 5.32 Å². The van der Waals surface area contributed by atoms with Gasteiger partial charge in [-0.2, -0.15) is 0 Å². The highest BCUT2D eigenvalue weighted by Crippen LogP contribution is 2.19. The molecule has 1 aromatic rings. The Labute approximate surface area is 108 Å². The second-order valence-electron chi connectivity index (χ2n) is 4.22. The number of nitrogens with one attached hydrogen (secondary N) is 1.